The van der Waals surface area contributed by atoms with Gasteiger partial charge >= 0.3 is 0 Å². The van der Waals surface area contributed by atoms with Gasteiger partial charge in [0, 0.05) is 18.1 Å². The fraction of sp³-hybridized carbons (Fsp3) is 0.316. The van der Waals surface area contributed by atoms with E-state index in [-0.39, 0.29) is 11.5 Å². The van der Waals surface area contributed by atoms with Gasteiger partial charge in [0.1, 0.15) is 5.41 Å². The van der Waals surface area contributed by atoms with Crippen LogP contribution in [0.25, 0.3) is 0 Å². The normalized spacial score (nSPS) is 25.4. The van der Waals surface area contributed by atoms with E-state index < -0.39 is 26.4 Å². The van der Waals surface area contributed by atoms with Crippen molar-refractivity contribution in [3.8, 4) is 6.07 Å². The number of benzene rings is 2. The summed E-state index contributed by atoms with van der Waals surface area (Å²) in [5, 5.41) is 9.44. The first-order valence-electron chi connectivity index (χ1n) is 7.83. The van der Waals surface area contributed by atoms with Crippen LogP contribution < -0.4 is 0 Å². The van der Waals surface area contributed by atoms with Gasteiger partial charge < -0.3 is 4.74 Å². The van der Waals surface area contributed by atoms with Crippen LogP contribution >= 0.6 is 11.6 Å². The summed E-state index contributed by atoms with van der Waals surface area (Å²) in [5.74, 6) is -0.470. The highest BCUT2D eigenvalue weighted by molar-refractivity contribution is 7.92. The Morgan fingerprint density at radius 3 is 2.48 bits per heavy atom. The summed E-state index contributed by atoms with van der Waals surface area (Å²) in [5.41, 5.74) is 0.611. The van der Waals surface area contributed by atoms with Gasteiger partial charge in [0.2, 0.25) is 0 Å². The molecule has 3 atom stereocenters. The van der Waals surface area contributed by atoms with Crippen LogP contribution in [0.2, 0.25) is 5.02 Å². The number of ether oxygens (including phenoxy) is 1. The number of nitrogens with zero attached hydrogens (tertiary/aromatic N) is 1. The fourth-order valence-corrected chi connectivity index (χ4v) is 5.99. The molecule has 1 fully saturated rings. The number of methoxy groups -OCH3 is 1. The van der Waals surface area contributed by atoms with Crippen molar-refractivity contribution in [3.63, 3.8) is 0 Å². The topological polar surface area (TPSA) is 67.2 Å². The molecule has 0 aromatic heterocycles. The van der Waals surface area contributed by atoms with E-state index in [9.17, 15) is 13.7 Å². The van der Waals surface area contributed by atoms with Crippen molar-refractivity contribution < 1.29 is 13.2 Å². The van der Waals surface area contributed by atoms with Gasteiger partial charge in [-0.05, 0) is 36.8 Å². The molecule has 0 spiro atoms. The van der Waals surface area contributed by atoms with E-state index in [0.29, 0.717) is 5.02 Å². The van der Waals surface area contributed by atoms with E-state index in [4.69, 9.17) is 16.3 Å². The Balaban J connectivity index is 2.09. The third-order valence-electron chi connectivity index (χ3n) is 4.74. The maximum absolute atomic E-state index is 13.2. The number of rotatable bonds is 5. The van der Waals surface area contributed by atoms with Crippen LogP contribution in [0, 0.1) is 23.7 Å². The van der Waals surface area contributed by atoms with Crippen molar-refractivity contribution in [1.82, 2.24) is 0 Å². The van der Waals surface area contributed by atoms with E-state index in [0.717, 1.165) is 11.1 Å². The molecule has 2 aromatic carbocycles. The molecule has 4 nitrogen and oxygen atoms in total. The third kappa shape index (κ3) is 2.95. The van der Waals surface area contributed by atoms with E-state index in [1.807, 2.05) is 13.0 Å². The monoisotopic (exact) mass is 375 g/mol. The van der Waals surface area contributed by atoms with Gasteiger partial charge in [0.15, 0.2) is 9.84 Å². The fourth-order valence-electron chi connectivity index (χ4n) is 3.48. The Bertz CT molecular complexity index is 934. The summed E-state index contributed by atoms with van der Waals surface area (Å²) < 4.78 is 31.6. The van der Waals surface area contributed by atoms with Crippen molar-refractivity contribution in [1.29, 1.82) is 5.26 Å². The standard InChI is InChI=1S/C19H18ClNO3S/c1-13-6-8-16(9-7-13)25(22,23)18-17(19(18,11-21)12-24-2)14-4-3-5-15(20)10-14/h3-10,17-18H,12H2,1-2H3/t17-,18-,19-/m0/s1. The number of hydrogen-bond donors (Lipinski definition) is 0. The second kappa shape index (κ2) is 6.45. The number of nitriles is 1. The SMILES string of the molecule is COC[C@@]1(C#N)[C@@H](c2cccc(Cl)c2)[C@@H]1S(=O)(=O)c1ccc(C)cc1. The van der Waals surface area contributed by atoms with Gasteiger partial charge in [0.25, 0.3) is 0 Å². The van der Waals surface area contributed by atoms with E-state index in [1.165, 1.54) is 7.11 Å². The quantitative estimate of drug-likeness (QED) is 0.798. The minimum atomic E-state index is -3.68. The number of hydrogen-bond acceptors (Lipinski definition) is 4. The Kier molecular flexibility index (Phi) is 4.63. The minimum absolute atomic E-state index is 0.0520. The second-order valence-electron chi connectivity index (χ2n) is 6.40. The van der Waals surface area contributed by atoms with Crippen LogP contribution in [0.4, 0.5) is 0 Å². The van der Waals surface area contributed by atoms with Gasteiger partial charge in [-0.25, -0.2) is 8.42 Å². The molecule has 25 heavy (non-hydrogen) atoms. The summed E-state index contributed by atoms with van der Waals surface area (Å²) in [6.45, 7) is 1.95. The van der Waals surface area contributed by atoms with Crippen molar-refractivity contribution >= 4 is 21.4 Å². The molecule has 0 bridgehead atoms. The lowest BCUT2D eigenvalue weighted by Gasteiger charge is -2.08. The predicted octanol–water partition coefficient (Wildman–Crippen LogP) is 3.74. The third-order valence-corrected chi connectivity index (χ3v) is 7.26. The highest BCUT2D eigenvalue weighted by atomic mass is 35.5. The van der Waals surface area contributed by atoms with E-state index in [1.54, 1.807) is 42.5 Å². The summed E-state index contributed by atoms with van der Waals surface area (Å²) in [6, 6.07) is 15.9. The molecule has 0 unspecified atom stereocenters. The van der Waals surface area contributed by atoms with Gasteiger partial charge in [-0.15, -0.1) is 0 Å². The predicted molar refractivity (Wildman–Crippen MR) is 96.3 cm³/mol. The molecule has 2 aromatic rings. The molecular weight excluding hydrogens is 358 g/mol. The van der Waals surface area contributed by atoms with Crippen molar-refractivity contribution in [3.05, 3.63) is 64.7 Å². The van der Waals surface area contributed by atoms with Crippen LogP contribution in [0.3, 0.4) is 0 Å². The van der Waals surface area contributed by atoms with Crippen LogP contribution in [0.1, 0.15) is 17.0 Å². The largest absolute Gasteiger partial charge is 0.383 e. The second-order valence-corrected chi connectivity index (χ2v) is 8.90. The zero-order valence-corrected chi connectivity index (χ0v) is 15.5. The molecule has 1 aliphatic rings. The lowest BCUT2D eigenvalue weighted by Crippen LogP contribution is -2.19. The first-order valence-corrected chi connectivity index (χ1v) is 9.75. The Hall–Kier alpha value is -1.87. The van der Waals surface area contributed by atoms with Crippen LogP contribution in [-0.2, 0) is 14.6 Å². The Morgan fingerprint density at radius 2 is 1.92 bits per heavy atom. The highest BCUT2D eigenvalue weighted by Crippen LogP contribution is 2.64. The molecule has 130 valence electrons. The van der Waals surface area contributed by atoms with Crippen molar-refractivity contribution in [2.75, 3.05) is 13.7 Å². The Morgan fingerprint density at radius 1 is 1.24 bits per heavy atom. The van der Waals surface area contributed by atoms with E-state index in [2.05, 4.69) is 6.07 Å². The van der Waals surface area contributed by atoms with Crippen LogP contribution in [0.5, 0.6) is 0 Å². The number of halogens is 1. The summed E-state index contributed by atoms with van der Waals surface area (Å²) in [4.78, 5) is 0.225. The Labute approximate surface area is 152 Å². The van der Waals surface area contributed by atoms with E-state index >= 15 is 0 Å². The maximum Gasteiger partial charge on any atom is 0.183 e. The van der Waals surface area contributed by atoms with Gasteiger partial charge in [-0.1, -0.05) is 41.4 Å². The number of sulfone groups is 1. The summed E-state index contributed by atoms with van der Waals surface area (Å²) >= 11 is 6.06. The smallest absolute Gasteiger partial charge is 0.183 e. The van der Waals surface area contributed by atoms with Gasteiger partial charge in [-0.3, -0.25) is 0 Å². The summed E-state index contributed by atoms with van der Waals surface area (Å²) in [6.07, 6.45) is 0. The molecule has 0 N–H and O–H groups in total. The number of aryl methyl sites for hydroxylation is 1. The zero-order valence-electron chi connectivity index (χ0n) is 13.9. The average Bonchev–Trinajstić information content (AvgIpc) is 3.26. The lowest BCUT2D eigenvalue weighted by molar-refractivity contribution is 0.162. The van der Waals surface area contributed by atoms with Crippen LogP contribution in [0.15, 0.2) is 53.4 Å². The molecule has 1 aliphatic carbocycles. The van der Waals surface area contributed by atoms with Gasteiger partial charge in [-0.2, -0.15) is 5.26 Å². The molecule has 1 saturated carbocycles. The average molecular weight is 376 g/mol. The zero-order chi connectivity index (χ0) is 18.2. The van der Waals surface area contributed by atoms with Crippen molar-refractivity contribution in [2.45, 2.75) is 23.0 Å². The molecule has 0 saturated heterocycles. The lowest BCUT2D eigenvalue weighted by atomic mass is 10.0. The van der Waals surface area contributed by atoms with Crippen LogP contribution in [-0.4, -0.2) is 27.4 Å². The highest BCUT2D eigenvalue weighted by Gasteiger charge is 2.72. The molecule has 0 aliphatic heterocycles. The summed E-state index contributed by atoms with van der Waals surface area (Å²) in [7, 11) is -2.21. The molecule has 0 amide bonds. The van der Waals surface area contributed by atoms with Gasteiger partial charge in [0.05, 0.1) is 22.8 Å². The molecular formula is C19H18ClNO3S. The molecule has 0 radical (unpaired) electrons. The minimum Gasteiger partial charge on any atom is -0.383 e. The molecule has 3 rings (SSSR count). The first-order chi connectivity index (χ1) is 11.9. The van der Waals surface area contributed by atoms with Crippen molar-refractivity contribution in [2.24, 2.45) is 5.41 Å². The molecule has 6 heteroatoms. The molecule has 0 heterocycles. The first kappa shape index (κ1) is 17.9. The maximum atomic E-state index is 13.2.